The van der Waals surface area contributed by atoms with Crippen LogP contribution in [0.5, 0.6) is 0 Å². The summed E-state index contributed by atoms with van der Waals surface area (Å²) in [5.74, 6) is -0.437. The molecule has 8 heteroatoms. The standard InChI is InChI=1S/C18H23N3O5/c1-3-26-10-17(23)20-14-8-21(9-15(14)25-2)18(24)11-4-5-13-12(6-11)7-16(22)19-13/h4-6,14-15H,3,7-10H2,1-2H3,(H,19,22)(H,20,23)/t14-,15-/m1/s1. The van der Waals surface area contributed by atoms with Gasteiger partial charge in [-0.1, -0.05) is 0 Å². The maximum absolute atomic E-state index is 12.8. The van der Waals surface area contributed by atoms with Crippen LogP contribution in [0.1, 0.15) is 22.8 Å². The average molecular weight is 361 g/mol. The lowest BCUT2D eigenvalue weighted by Gasteiger charge is -2.18. The number of nitrogens with one attached hydrogen (secondary N) is 2. The van der Waals surface area contributed by atoms with Crippen LogP contribution in [0.2, 0.25) is 0 Å². The summed E-state index contributed by atoms with van der Waals surface area (Å²) in [5.41, 5.74) is 2.10. The minimum atomic E-state index is -0.283. The lowest BCUT2D eigenvalue weighted by molar-refractivity contribution is -0.126. The molecule has 0 aliphatic carbocycles. The van der Waals surface area contributed by atoms with Gasteiger partial charge in [0.15, 0.2) is 0 Å². The fourth-order valence-corrected chi connectivity index (χ4v) is 3.31. The Kier molecular flexibility index (Phi) is 5.53. The summed E-state index contributed by atoms with van der Waals surface area (Å²) in [4.78, 5) is 37.8. The summed E-state index contributed by atoms with van der Waals surface area (Å²) in [6.07, 6.45) is 0.00924. The molecular formula is C18H23N3O5. The molecule has 2 N–H and O–H groups in total. The molecule has 1 fully saturated rings. The molecule has 26 heavy (non-hydrogen) atoms. The number of methoxy groups -OCH3 is 1. The van der Waals surface area contributed by atoms with Gasteiger partial charge < -0.3 is 25.0 Å². The van der Waals surface area contributed by atoms with Crippen molar-refractivity contribution in [2.24, 2.45) is 0 Å². The van der Waals surface area contributed by atoms with Crippen LogP contribution in [0.3, 0.4) is 0 Å². The zero-order chi connectivity index (χ0) is 18.7. The minimum Gasteiger partial charge on any atom is -0.377 e. The van der Waals surface area contributed by atoms with Crippen LogP contribution in [-0.4, -0.2) is 68.2 Å². The Bertz CT molecular complexity index is 721. The predicted molar refractivity (Wildman–Crippen MR) is 93.9 cm³/mol. The molecule has 2 atom stereocenters. The number of anilines is 1. The quantitative estimate of drug-likeness (QED) is 0.753. The van der Waals surface area contributed by atoms with Gasteiger partial charge in [0.2, 0.25) is 11.8 Å². The highest BCUT2D eigenvalue weighted by Gasteiger charge is 2.37. The normalized spacial score (nSPS) is 21.5. The minimum absolute atomic E-state index is 0.0107. The molecule has 1 aromatic rings. The summed E-state index contributed by atoms with van der Waals surface area (Å²) in [5, 5.41) is 5.61. The summed E-state index contributed by atoms with van der Waals surface area (Å²) >= 11 is 0. The van der Waals surface area contributed by atoms with Crippen LogP contribution >= 0.6 is 0 Å². The predicted octanol–water partition coefficient (Wildman–Crippen LogP) is 0.173. The molecule has 0 bridgehead atoms. The summed E-state index contributed by atoms with van der Waals surface area (Å²) in [6, 6.07) is 4.92. The number of likely N-dealkylation sites (tertiary alicyclic amines) is 1. The van der Waals surface area contributed by atoms with Crippen LogP contribution in [0.25, 0.3) is 0 Å². The number of hydrogen-bond donors (Lipinski definition) is 2. The SMILES string of the molecule is CCOCC(=O)N[C@@H]1CN(C(=O)c2ccc3c(c2)CC(=O)N3)C[C@H]1OC. The molecule has 1 saturated heterocycles. The van der Waals surface area contributed by atoms with Gasteiger partial charge in [-0.25, -0.2) is 0 Å². The Labute approximate surface area is 151 Å². The third-order valence-corrected chi connectivity index (χ3v) is 4.62. The van der Waals surface area contributed by atoms with Gasteiger partial charge in [-0.3, -0.25) is 14.4 Å². The fraction of sp³-hybridized carbons (Fsp3) is 0.500. The largest absolute Gasteiger partial charge is 0.377 e. The van der Waals surface area contributed by atoms with Crippen molar-refractivity contribution in [3.05, 3.63) is 29.3 Å². The monoisotopic (exact) mass is 361 g/mol. The molecule has 0 spiro atoms. The number of rotatable bonds is 6. The topological polar surface area (TPSA) is 97.0 Å². The maximum Gasteiger partial charge on any atom is 0.254 e. The fourth-order valence-electron chi connectivity index (χ4n) is 3.31. The number of nitrogens with zero attached hydrogens (tertiary/aromatic N) is 1. The first kappa shape index (κ1) is 18.3. The van der Waals surface area contributed by atoms with E-state index < -0.39 is 0 Å². The zero-order valence-electron chi connectivity index (χ0n) is 14.9. The first-order valence-electron chi connectivity index (χ1n) is 8.63. The summed E-state index contributed by atoms with van der Waals surface area (Å²) in [7, 11) is 1.56. The molecule has 0 unspecified atom stereocenters. The van der Waals surface area contributed by atoms with Crippen LogP contribution in [-0.2, 0) is 25.5 Å². The lowest BCUT2D eigenvalue weighted by Crippen LogP contribution is -2.45. The van der Waals surface area contributed by atoms with Crippen molar-refractivity contribution in [3.8, 4) is 0 Å². The van der Waals surface area contributed by atoms with Crippen molar-refractivity contribution in [2.75, 3.05) is 38.7 Å². The van der Waals surface area contributed by atoms with Gasteiger partial charge in [-0.05, 0) is 30.7 Å². The van der Waals surface area contributed by atoms with E-state index in [0.29, 0.717) is 25.3 Å². The van der Waals surface area contributed by atoms with E-state index in [4.69, 9.17) is 9.47 Å². The maximum atomic E-state index is 12.8. The lowest BCUT2D eigenvalue weighted by atomic mass is 10.1. The summed E-state index contributed by atoms with van der Waals surface area (Å²) < 4.78 is 10.5. The Morgan fingerprint density at radius 1 is 1.35 bits per heavy atom. The van der Waals surface area contributed by atoms with Crippen molar-refractivity contribution >= 4 is 23.4 Å². The number of fused-ring (bicyclic) bond motifs is 1. The number of carbonyl (C=O) groups excluding carboxylic acids is 3. The summed E-state index contributed by atoms with van der Waals surface area (Å²) in [6.45, 7) is 3.03. The van der Waals surface area contributed by atoms with Crippen LogP contribution in [0.4, 0.5) is 5.69 Å². The van der Waals surface area contributed by atoms with Crippen molar-refractivity contribution in [3.63, 3.8) is 0 Å². The van der Waals surface area contributed by atoms with Crippen molar-refractivity contribution in [2.45, 2.75) is 25.5 Å². The molecule has 3 rings (SSSR count). The average Bonchev–Trinajstić information content (AvgIpc) is 3.20. The van der Waals surface area contributed by atoms with E-state index in [1.807, 2.05) is 6.92 Å². The molecule has 3 amide bonds. The highest BCUT2D eigenvalue weighted by molar-refractivity contribution is 6.01. The van der Waals surface area contributed by atoms with Crippen molar-refractivity contribution in [1.82, 2.24) is 10.2 Å². The number of hydrogen-bond acceptors (Lipinski definition) is 5. The number of ether oxygens (including phenoxy) is 2. The van der Waals surface area contributed by atoms with Gasteiger partial charge in [0.1, 0.15) is 6.61 Å². The van der Waals surface area contributed by atoms with Gasteiger partial charge in [0.05, 0.1) is 18.6 Å². The van der Waals surface area contributed by atoms with E-state index in [-0.39, 0.29) is 42.9 Å². The first-order valence-corrected chi connectivity index (χ1v) is 8.63. The Morgan fingerprint density at radius 2 is 2.15 bits per heavy atom. The zero-order valence-corrected chi connectivity index (χ0v) is 14.9. The van der Waals surface area contributed by atoms with E-state index in [1.165, 1.54) is 0 Å². The van der Waals surface area contributed by atoms with Gasteiger partial charge in [0.25, 0.3) is 5.91 Å². The number of benzene rings is 1. The molecule has 8 nitrogen and oxygen atoms in total. The van der Waals surface area contributed by atoms with Crippen LogP contribution in [0, 0.1) is 0 Å². The Hall–Kier alpha value is -2.45. The molecule has 0 saturated carbocycles. The smallest absolute Gasteiger partial charge is 0.254 e. The second-order valence-corrected chi connectivity index (χ2v) is 6.39. The van der Waals surface area contributed by atoms with Crippen LogP contribution < -0.4 is 10.6 Å². The Balaban J connectivity index is 1.66. The van der Waals surface area contributed by atoms with E-state index in [0.717, 1.165) is 11.3 Å². The third-order valence-electron chi connectivity index (χ3n) is 4.62. The van der Waals surface area contributed by atoms with Gasteiger partial charge >= 0.3 is 0 Å². The van der Waals surface area contributed by atoms with Gasteiger partial charge in [-0.2, -0.15) is 0 Å². The molecule has 2 heterocycles. The Morgan fingerprint density at radius 3 is 2.88 bits per heavy atom. The number of carbonyl (C=O) groups is 3. The van der Waals surface area contributed by atoms with E-state index in [1.54, 1.807) is 30.2 Å². The molecule has 140 valence electrons. The van der Waals surface area contributed by atoms with E-state index in [2.05, 4.69) is 10.6 Å². The third kappa shape index (κ3) is 3.86. The van der Waals surface area contributed by atoms with Gasteiger partial charge in [0, 0.05) is 38.1 Å². The molecule has 0 radical (unpaired) electrons. The van der Waals surface area contributed by atoms with Crippen molar-refractivity contribution in [1.29, 1.82) is 0 Å². The molecule has 2 aliphatic heterocycles. The van der Waals surface area contributed by atoms with Crippen LogP contribution in [0.15, 0.2) is 18.2 Å². The van der Waals surface area contributed by atoms with E-state index >= 15 is 0 Å². The van der Waals surface area contributed by atoms with Crippen molar-refractivity contribution < 1.29 is 23.9 Å². The molecular weight excluding hydrogens is 338 g/mol. The van der Waals surface area contributed by atoms with E-state index in [9.17, 15) is 14.4 Å². The highest BCUT2D eigenvalue weighted by atomic mass is 16.5. The first-order chi connectivity index (χ1) is 12.5. The number of amides is 3. The van der Waals surface area contributed by atoms with Gasteiger partial charge in [-0.15, -0.1) is 0 Å². The second kappa shape index (κ2) is 7.84. The highest BCUT2D eigenvalue weighted by Crippen LogP contribution is 2.25. The second-order valence-electron chi connectivity index (χ2n) is 6.39. The molecule has 2 aliphatic rings. The molecule has 0 aromatic heterocycles. The molecule has 1 aromatic carbocycles.